The van der Waals surface area contributed by atoms with Crippen molar-refractivity contribution in [1.29, 1.82) is 0 Å². The SMILES string of the molecule is Fc1ccc(-c2cc(CBr)no2)c(Br)c1. The number of halogens is 3. The van der Waals surface area contributed by atoms with Crippen molar-refractivity contribution in [1.82, 2.24) is 5.16 Å². The standard InChI is InChI=1S/C10H6Br2FNO/c11-5-7-4-10(15-14-7)8-2-1-6(13)3-9(8)12/h1-4H,5H2. The van der Waals surface area contributed by atoms with E-state index >= 15 is 0 Å². The van der Waals surface area contributed by atoms with Gasteiger partial charge in [-0.1, -0.05) is 21.1 Å². The van der Waals surface area contributed by atoms with E-state index in [1.54, 1.807) is 6.07 Å². The third-order valence-corrected chi connectivity index (χ3v) is 3.12. The monoisotopic (exact) mass is 333 g/mol. The van der Waals surface area contributed by atoms with Gasteiger partial charge in [0.15, 0.2) is 5.76 Å². The van der Waals surface area contributed by atoms with Crippen molar-refractivity contribution in [3.05, 3.63) is 40.2 Å². The van der Waals surface area contributed by atoms with Crippen molar-refractivity contribution < 1.29 is 8.91 Å². The van der Waals surface area contributed by atoms with E-state index in [0.29, 0.717) is 15.6 Å². The van der Waals surface area contributed by atoms with Crippen molar-refractivity contribution >= 4 is 31.9 Å². The Hall–Kier alpha value is -0.680. The number of benzene rings is 1. The van der Waals surface area contributed by atoms with E-state index in [2.05, 4.69) is 37.0 Å². The van der Waals surface area contributed by atoms with Gasteiger partial charge in [-0.25, -0.2) is 4.39 Å². The van der Waals surface area contributed by atoms with Crippen molar-refractivity contribution in [3.8, 4) is 11.3 Å². The molecule has 1 heterocycles. The first-order valence-corrected chi connectivity index (χ1v) is 6.09. The molecule has 2 aromatic rings. The Morgan fingerprint density at radius 3 is 2.73 bits per heavy atom. The van der Waals surface area contributed by atoms with E-state index in [0.717, 1.165) is 11.3 Å². The van der Waals surface area contributed by atoms with E-state index < -0.39 is 0 Å². The molecule has 15 heavy (non-hydrogen) atoms. The summed E-state index contributed by atoms with van der Waals surface area (Å²) < 4.78 is 18.6. The van der Waals surface area contributed by atoms with Gasteiger partial charge < -0.3 is 4.52 Å². The molecule has 0 N–H and O–H groups in total. The molecule has 5 heteroatoms. The Kier molecular flexibility index (Phi) is 3.21. The predicted octanol–water partition coefficient (Wildman–Crippen LogP) is 4.14. The van der Waals surface area contributed by atoms with E-state index in [-0.39, 0.29) is 5.82 Å². The van der Waals surface area contributed by atoms with Gasteiger partial charge in [-0.15, -0.1) is 0 Å². The highest BCUT2D eigenvalue weighted by atomic mass is 79.9. The number of rotatable bonds is 2. The van der Waals surface area contributed by atoms with Gasteiger partial charge in [-0.05, 0) is 34.1 Å². The fourth-order valence-electron chi connectivity index (χ4n) is 1.19. The molecule has 0 saturated carbocycles. The maximum Gasteiger partial charge on any atom is 0.168 e. The summed E-state index contributed by atoms with van der Waals surface area (Å²) in [5.74, 6) is 0.335. The lowest BCUT2D eigenvalue weighted by molar-refractivity contribution is 0.426. The summed E-state index contributed by atoms with van der Waals surface area (Å²) in [6, 6.07) is 6.24. The zero-order valence-electron chi connectivity index (χ0n) is 7.51. The fourth-order valence-corrected chi connectivity index (χ4v) is 2.00. The lowest BCUT2D eigenvalue weighted by atomic mass is 10.1. The van der Waals surface area contributed by atoms with Crippen LogP contribution in [0.25, 0.3) is 11.3 Å². The lowest BCUT2D eigenvalue weighted by Crippen LogP contribution is -1.79. The second-order valence-electron chi connectivity index (χ2n) is 2.94. The van der Waals surface area contributed by atoms with Gasteiger partial charge in [0.05, 0.1) is 5.69 Å². The zero-order chi connectivity index (χ0) is 10.8. The molecule has 78 valence electrons. The largest absolute Gasteiger partial charge is 0.356 e. The highest BCUT2D eigenvalue weighted by Crippen LogP contribution is 2.29. The average Bonchev–Trinajstić information content (AvgIpc) is 2.66. The zero-order valence-corrected chi connectivity index (χ0v) is 10.7. The molecule has 0 aliphatic rings. The molecule has 2 rings (SSSR count). The molecule has 0 atom stereocenters. The first-order chi connectivity index (χ1) is 7.20. The third-order valence-electron chi connectivity index (χ3n) is 1.89. The average molecular weight is 335 g/mol. The minimum Gasteiger partial charge on any atom is -0.356 e. The molecule has 0 bridgehead atoms. The molecule has 1 aromatic carbocycles. The van der Waals surface area contributed by atoms with Crippen molar-refractivity contribution in [2.24, 2.45) is 0 Å². The summed E-state index contributed by atoms with van der Waals surface area (Å²) in [6.07, 6.45) is 0. The van der Waals surface area contributed by atoms with Crippen LogP contribution in [-0.2, 0) is 5.33 Å². The molecule has 0 unspecified atom stereocenters. The van der Waals surface area contributed by atoms with Crippen LogP contribution in [0.1, 0.15) is 5.69 Å². The summed E-state index contributed by atoms with van der Waals surface area (Å²) in [7, 11) is 0. The Morgan fingerprint density at radius 2 is 2.13 bits per heavy atom. The maximum atomic E-state index is 12.9. The summed E-state index contributed by atoms with van der Waals surface area (Å²) in [6.45, 7) is 0. The van der Waals surface area contributed by atoms with Crippen LogP contribution in [0.3, 0.4) is 0 Å². The van der Waals surface area contributed by atoms with Crippen LogP contribution in [0.15, 0.2) is 33.3 Å². The van der Waals surface area contributed by atoms with Gasteiger partial charge in [0.2, 0.25) is 0 Å². The summed E-state index contributed by atoms with van der Waals surface area (Å²) in [5, 5.41) is 4.47. The molecule has 0 spiro atoms. The topological polar surface area (TPSA) is 26.0 Å². The Morgan fingerprint density at radius 1 is 1.33 bits per heavy atom. The summed E-state index contributed by atoms with van der Waals surface area (Å²) in [5.41, 5.74) is 1.59. The van der Waals surface area contributed by atoms with Crippen LogP contribution >= 0.6 is 31.9 Å². The third kappa shape index (κ3) is 2.29. The fraction of sp³-hybridized carbons (Fsp3) is 0.100. The quantitative estimate of drug-likeness (QED) is 0.771. The van der Waals surface area contributed by atoms with Gasteiger partial charge in [0, 0.05) is 21.4 Å². The molecule has 0 amide bonds. The van der Waals surface area contributed by atoms with E-state index in [1.807, 2.05) is 6.07 Å². The molecule has 0 aliphatic carbocycles. The summed E-state index contributed by atoms with van der Waals surface area (Å²) in [4.78, 5) is 0. The van der Waals surface area contributed by atoms with Crippen LogP contribution in [-0.4, -0.2) is 5.16 Å². The minimum absolute atomic E-state index is 0.286. The van der Waals surface area contributed by atoms with E-state index in [9.17, 15) is 4.39 Å². The molecule has 0 fully saturated rings. The van der Waals surface area contributed by atoms with E-state index in [4.69, 9.17) is 4.52 Å². The molecule has 2 nitrogen and oxygen atoms in total. The van der Waals surface area contributed by atoms with Crippen molar-refractivity contribution in [2.45, 2.75) is 5.33 Å². The van der Waals surface area contributed by atoms with Gasteiger partial charge in [0.25, 0.3) is 0 Å². The normalized spacial score (nSPS) is 10.6. The molecule has 0 saturated heterocycles. The Balaban J connectivity index is 2.44. The second kappa shape index (κ2) is 4.45. The van der Waals surface area contributed by atoms with Crippen LogP contribution < -0.4 is 0 Å². The highest BCUT2D eigenvalue weighted by Gasteiger charge is 2.09. The lowest BCUT2D eigenvalue weighted by Gasteiger charge is -1.98. The first kappa shape index (κ1) is 10.8. The number of nitrogens with zero attached hydrogens (tertiary/aromatic N) is 1. The van der Waals surface area contributed by atoms with Crippen LogP contribution in [0.2, 0.25) is 0 Å². The first-order valence-electron chi connectivity index (χ1n) is 4.17. The Bertz CT molecular complexity index is 484. The number of aromatic nitrogens is 1. The summed E-state index contributed by atoms with van der Waals surface area (Å²) >= 11 is 6.55. The molecular formula is C10H6Br2FNO. The number of hydrogen-bond acceptors (Lipinski definition) is 2. The molecular weight excluding hydrogens is 329 g/mol. The smallest absolute Gasteiger partial charge is 0.168 e. The number of alkyl halides is 1. The van der Waals surface area contributed by atoms with Gasteiger partial charge in [0.1, 0.15) is 5.82 Å². The predicted molar refractivity (Wildman–Crippen MR) is 62.2 cm³/mol. The molecule has 1 aromatic heterocycles. The van der Waals surface area contributed by atoms with Crippen LogP contribution in [0.4, 0.5) is 4.39 Å². The number of hydrogen-bond donors (Lipinski definition) is 0. The van der Waals surface area contributed by atoms with Gasteiger partial charge in [-0.2, -0.15) is 0 Å². The van der Waals surface area contributed by atoms with E-state index in [1.165, 1.54) is 12.1 Å². The van der Waals surface area contributed by atoms with Gasteiger partial charge in [-0.3, -0.25) is 0 Å². The Labute approximate surface area is 103 Å². The van der Waals surface area contributed by atoms with Crippen molar-refractivity contribution in [3.63, 3.8) is 0 Å². The highest BCUT2D eigenvalue weighted by molar-refractivity contribution is 9.10. The second-order valence-corrected chi connectivity index (χ2v) is 4.36. The maximum absolute atomic E-state index is 12.9. The van der Waals surface area contributed by atoms with Crippen LogP contribution in [0, 0.1) is 5.82 Å². The van der Waals surface area contributed by atoms with Crippen LogP contribution in [0.5, 0.6) is 0 Å². The minimum atomic E-state index is -0.286. The van der Waals surface area contributed by atoms with Gasteiger partial charge >= 0.3 is 0 Å². The molecule has 0 radical (unpaired) electrons. The van der Waals surface area contributed by atoms with Crippen molar-refractivity contribution in [2.75, 3.05) is 0 Å². The molecule has 0 aliphatic heterocycles.